The zero-order valence-corrected chi connectivity index (χ0v) is 13.9. The molecule has 0 aliphatic carbocycles. The van der Waals surface area contributed by atoms with E-state index in [1.165, 1.54) is 0 Å². The maximum absolute atomic E-state index is 12.9. The van der Waals surface area contributed by atoms with E-state index in [-0.39, 0.29) is 36.4 Å². The van der Waals surface area contributed by atoms with Crippen LogP contribution in [0.15, 0.2) is 36.4 Å². The van der Waals surface area contributed by atoms with Crippen molar-refractivity contribution in [3.05, 3.63) is 75.9 Å². The molecule has 0 saturated carbocycles. The summed E-state index contributed by atoms with van der Waals surface area (Å²) in [5, 5.41) is 10.00. The van der Waals surface area contributed by atoms with Crippen LogP contribution in [0.2, 0.25) is 0 Å². The number of aliphatic hydroxyl groups is 1. The minimum atomic E-state index is -5.35. The molecule has 30 heavy (non-hydrogen) atoms. The number of aliphatic hydroxyl groups excluding tert-OH is 1. The second-order valence-electron chi connectivity index (χ2n) is 5.94. The first-order valence-electron chi connectivity index (χ1n) is 7.46. The zero-order valence-electron chi connectivity index (χ0n) is 13.9. The van der Waals surface area contributed by atoms with Crippen LogP contribution in [0.3, 0.4) is 0 Å². The summed E-state index contributed by atoms with van der Waals surface area (Å²) in [4.78, 5) is 0. The van der Waals surface area contributed by atoms with Crippen molar-refractivity contribution < 1.29 is 57.8 Å². The number of rotatable bonds is 2. The number of hydrogen-bond acceptors (Lipinski definition) is 1. The molecule has 0 atom stereocenters. The number of benzene rings is 2. The summed E-state index contributed by atoms with van der Waals surface area (Å²) in [7, 11) is 0. The monoisotopic (exact) mass is 455 g/mol. The maximum atomic E-state index is 12.9. The lowest BCUT2D eigenvalue weighted by atomic mass is 9.94. The first-order valence-corrected chi connectivity index (χ1v) is 7.46. The molecule has 0 unspecified atom stereocenters. The van der Waals surface area contributed by atoms with Crippen molar-refractivity contribution in [2.45, 2.75) is 24.7 Å². The maximum Gasteiger partial charge on any atom is 0.416 e. The Morgan fingerprint density at radius 3 is 0.800 bits per heavy atom. The largest absolute Gasteiger partial charge is 0.416 e. The number of halogens is 12. The highest BCUT2D eigenvalue weighted by Crippen LogP contribution is 2.41. The Morgan fingerprint density at radius 1 is 0.433 bits per heavy atom. The predicted octanol–water partition coefficient (Wildman–Crippen LogP) is 7.06. The van der Waals surface area contributed by atoms with Gasteiger partial charge in [0.25, 0.3) is 0 Å². The summed E-state index contributed by atoms with van der Waals surface area (Å²) in [6, 6.07) is -0.749. The van der Waals surface area contributed by atoms with Gasteiger partial charge in [-0.2, -0.15) is 52.7 Å². The summed E-state index contributed by atoms with van der Waals surface area (Å²) in [5.41, 5.74) is -10.2. The fourth-order valence-electron chi connectivity index (χ4n) is 2.35. The van der Waals surface area contributed by atoms with E-state index >= 15 is 0 Å². The van der Waals surface area contributed by atoms with E-state index in [0.29, 0.717) is 0 Å². The van der Waals surface area contributed by atoms with Gasteiger partial charge in [-0.1, -0.05) is 0 Å². The standard InChI is InChI=1S/C17H7F12O/c18-14(19,20)9-1-7(2-10(5-9)15(21,22)23)13(30)8-3-11(16(24,25)26)6-12(4-8)17(27,28)29/h1-6,30H. The van der Waals surface area contributed by atoms with Crippen LogP contribution in [0, 0.1) is 6.10 Å². The van der Waals surface area contributed by atoms with Gasteiger partial charge in [-0.3, -0.25) is 0 Å². The fraction of sp³-hybridized carbons (Fsp3) is 0.235. The summed E-state index contributed by atoms with van der Waals surface area (Å²) in [6.07, 6.45) is -23.0. The van der Waals surface area contributed by atoms with Gasteiger partial charge in [0.15, 0.2) is 6.10 Å². The van der Waals surface area contributed by atoms with Crippen LogP contribution >= 0.6 is 0 Å². The van der Waals surface area contributed by atoms with Crippen LogP contribution in [0.25, 0.3) is 0 Å². The highest BCUT2D eigenvalue weighted by Gasteiger charge is 2.40. The van der Waals surface area contributed by atoms with Gasteiger partial charge in [0.1, 0.15) is 0 Å². The van der Waals surface area contributed by atoms with Gasteiger partial charge >= 0.3 is 24.7 Å². The molecule has 0 bridgehead atoms. The van der Waals surface area contributed by atoms with Crippen molar-refractivity contribution in [2.75, 3.05) is 0 Å². The Hall–Kier alpha value is -2.44. The van der Waals surface area contributed by atoms with Gasteiger partial charge in [-0.05, 0) is 47.5 Å². The Morgan fingerprint density at radius 2 is 0.633 bits per heavy atom. The lowest BCUT2D eigenvalue weighted by Gasteiger charge is -2.19. The van der Waals surface area contributed by atoms with Crippen LogP contribution in [0.1, 0.15) is 33.4 Å². The average Bonchev–Trinajstić information content (AvgIpc) is 2.57. The molecule has 1 N–H and O–H groups in total. The molecule has 0 fully saturated rings. The summed E-state index contributed by atoms with van der Waals surface area (Å²) in [5.74, 6) is 0. The quantitative estimate of drug-likeness (QED) is 0.481. The Bertz CT molecular complexity index is 778. The summed E-state index contributed by atoms with van der Waals surface area (Å²) in [6.45, 7) is 0. The Kier molecular flexibility index (Phi) is 5.85. The SMILES string of the molecule is O[C](c1cc(C(F)(F)F)cc(C(F)(F)F)c1)c1cc(C(F)(F)F)cc(C(F)(F)F)c1. The van der Waals surface area contributed by atoms with Gasteiger partial charge in [-0.15, -0.1) is 0 Å². The van der Waals surface area contributed by atoms with Crippen LogP contribution in [-0.4, -0.2) is 5.11 Å². The Balaban J connectivity index is 2.72. The molecule has 165 valence electrons. The average molecular weight is 455 g/mol. The van der Waals surface area contributed by atoms with Crippen molar-refractivity contribution in [1.29, 1.82) is 0 Å². The van der Waals surface area contributed by atoms with Gasteiger partial charge in [0, 0.05) is 0 Å². The minimum absolute atomic E-state index is 0.0297. The lowest BCUT2D eigenvalue weighted by molar-refractivity contribution is -0.144. The van der Waals surface area contributed by atoms with E-state index in [2.05, 4.69) is 0 Å². The van der Waals surface area contributed by atoms with Crippen molar-refractivity contribution in [1.82, 2.24) is 0 Å². The highest BCUT2D eigenvalue weighted by molar-refractivity contribution is 5.49. The first kappa shape index (κ1) is 23.8. The van der Waals surface area contributed by atoms with Crippen molar-refractivity contribution in [2.24, 2.45) is 0 Å². The normalized spacial score (nSPS) is 13.8. The van der Waals surface area contributed by atoms with E-state index in [9.17, 15) is 57.8 Å². The molecule has 0 amide bonds. The van der Waals surface area contributed by atoms with Crippen molar-refractivity contribution in [3.8, 4) is 0 Å². The molecule has 0 aliphatic heterocycles. The molecule has 2 aromatic carbocycles. The number of alkyl halides is 12. The van der Waals surface area contributed by atoms with Crippen LogP contribution in [0.4, 0.5) is 52.7 Å². The van der Waals surface area contributed by atoms with Gasteiger partial charge in [-0.25, -0.2) is 0 Å². The molecular formula is C17H7F12O. The summed E-state index contributed by atoms with van der Waals surface area (Å²) >= 11 is 0. The lowest BCUT2D eigenvalue weighted by Crippen LogP contribution is -2.15. The number of hydrogen-bond donors (Lipinski definition) is 1. The second-order valence-corrected chi connectivity index (χ2v) is 5.94. The van der Waals surface area contributed by atoms with Gasteiger partial charge in [0.2, 0.25) is 0 Å². The molecule has 0 aliphatic rings. The fourth-order valence-corrected chi connectivity index (χ4v) is 2.35. The minimum Gasteiger partial charge on any atom is -0.377 e. The van der Waals surface area contributed by atoms with E-state index in [1.54, 1.807) is 0 Å². The zero-order chi connectivity index (χ0) is 23.3. The van der Waals surface area contributed by atoms with Crippen LogP contribution in [0.5, 0.6) is 0 Å². The summed E-state index contributed by atoms with van der Waals surface area (Å²) < 4.78 is 155. The van der Waals surface area contributed by atoms with Gasteiger partial charge < -0.3 is 5.11 Å². The van der Waals surface area contributed by atoms with Crippen LogP contribution < -0.4 is 0 Å². The predicted molar refractivity (Wildman–Crippen MR) is 76.3 cm³/mol. The van der Waals surface area contributed by atoms with E-state index in [0.717, 1.165) is 0 Å². The Labute approximate surface area is 159 Å². The molecule has 2 rings (SSSR count). The van der Waals surface area contributed by atoms with Crippen LogP contribution in [-0.2, 0) is 24.7 Å². The molecular weight excluding hydrogens is 448 g/mol. The molecule has 0 saturated heterocycles. The van der Waals surface area contributed by atoms with Crippen molar-refractivity contribution in [3.63, 3.8) is 0 Å². The molecule has 0 heterocycles. The smallest absolute Gasteiger partial charge is 0.377 e. The molecule has 1 radical (unpaired) electrons. The third-order valence-electron chi connectivity index (χ3n) is 3.72. The van der Waals surface area contributed by atoms with E-state index in [4.69, 9.17) is 0 Å². The van der Waals surface area contributed by atoms with Gasteiger partial charge in [0.05, 0.1) is 22.3 Å². The third kappa shape index (κ3) is 5.37. The molecule has 13 heteroatoms. The van der Waals surface area contributed by atoms with Crippen molar-refractivity contribution >= 4 is 0 Å². The first-order chi connectivity index (χ1) is 13.3. The second kappa shape index (κ2) is 7.36. The highest BCUT2D eigenvalue weighted by atomic mass is 19.4. The molecule has 0 aromatic heterocycles. The molecule has 1 nitrogen and oxygen atoms in total. The molecule has 2 aromatic rings. The molecule has 0 spiro atoms. The third-order valence-corrected chi connectivity index (χ3v) is 3.72. The topological polar surface area (TPSA) is 20.2 Å². The van der Waals surface area contributed by atoms with E-state index in [1.807, 2.05) is 0 Å². The van der Waals surface area contributed by atoms with E-state index < -0.39 is 64.2 Å².